The lowest BCUT2D eigenvalue weighted by atomic mass is 10.1. The van der Waals surface area contributed by atoms with Crippen LogP contribution in [0.3, 0.4) is 0 Å². The summed E-state index contributed by atoms with van der Waals surface area (Å²) in [5.41, 5.74) is 0.630. The number of aromatic nitrogens is 1. The molecule has 3 aromatic rings. The van der Waals surface area contributed by atoms with Crippen molar-refractivity contribution < 1.29 is 19.2 Å². The third-order valence-electron chi connectivity index (χ3n) is 4.53. The number of benzene rings is 2. The van der Waals surface area contributed by atoms with E-state index >= 15 is 0 Å². The van der Waals surface area contributed by atoms with E-state index in [0.29, 0.717) is 29.5 Å². The summed E-state index contributed by atoms with van der Waals surface area (Å²) in [6.45, 7) is 1.04. The van der Waals surface area contributed by atoms with Gasteiger partial charge in [0, 0.05) is 37.0 Å². The second-order valence-electron chi connectivity index (χ2n) is 7.37. The SMILES string of the molecule is CN(C)CCOc1cc(Cl)c(Cl)cc1Oc1ncccc1C(=O)/C=C/c1cccc([N+](=O)[O-])c1.Cl. The Labute approximate surface area is 218 Å². The van der Waals surface area contributed by atoms with Gasteiger partial charge in [0.1, 0.15) is 6.61 Å². The number of non-ortho nitro benzene ring substituents is 1. The number of likely N-dealkylation sites (N-methyl/N-ethyl adjacent to an activating group) is 1. The normalized spacial score (nSPS) is 10.8. The molecule has 0 saturated carbocycles. The Balaban J connectivity index is 0.00000432. The molecule has 0 saturated heterocycles. The third-order valence-corrected chi connectivity index (χ3v) is 5.26. The minimum Gasteiger partial charge on any atom is -0.488 e. The summed E-state index contributed by atoms with van der Waals surface area (Å²) in [7, 11) is 3.84. The van der Waals surface area contributed by atoms with Crippen LogP contribution in [0.1, 0.15) is 15.9 Å². The molecule has 1 aromatic heterocycles. The maximum absolute atomic E-state index is 12.9. The van der Waals surface area contributed by atoms with E-state index in [4.69, 9.17) is 32.7 Å². The number of halogens is 3. The number of nitro benzene ring substituents is 1. The second-order valence-corrected chi connectivity index (χ2v) is 8.19. The molecule has 0 aliphatic rings. The number of hydrogen-bond acceptors (Lipinski definition) is 7. The van der Waals surface area contributed by atoms with Gasteiger partial charge in [-0.15, -0.1) is 12.4 Å². The van der Waals surface area contributed by atoms with Crippen molar-refractivity contribution in [3.8, 4) is 17.4 Å². The number of carbonyl (C=O) groups excluding carboxylic acids is 1. The van der Waals surface area contributed by atoms with Gasteiger partial charge in [-0.25, -0.2) is 4.98 Å². The van der Waals surface area contributed by atoms with E-state index in [9.17, 15) is 14.9 Å². The lowest BCUT2D eigenvalue weighted by Crippen LogP contribution is -2.19. The summed E-state index contributed by atoms with van der Waals surface area (Å²) in [6, 6.07) is 12.2. The number of ketones is 1. The minimum absolute atomic E-state index is 0. The molecular weight excluding hydrogens is 517 g/mol. The lowest BCUT2D eigenvalue weighted by Gasteiger charge is -2.16. The van der Waals surface area contributed by atoms with E-state index < -0.39 is 10.7 Å². The topological polar surface area (TPSA) is 94.8 Å². The van der Waals surface area contributed by atoms with Crippen LogP contribution < -0.4 is 9.47 Å². The quantitative estimate of drug-likeness (QED) is 0.128. The minimum atomic E-state index is -0.498. The highest BCUT2D eigenvalue weighted by Crippen LogP contribution is 2.38. The molecule has 0 aliphatic heterocycles. The molecule has 35 heavy (non-hydrogen) atoms. The van der Waals surface area contributed by atoms with Crippen molar-refractivity contribution in [3.63, 3.8) is 0 Å². The highest BCUT2D eigenvalue weighted by Gasteiger charge is 2.17. The fourth-order valence-electron chi connectivity index (χ4n) is 2.81. The molecule has 3 rings (SSSR count). The highest BCUT2D eigenvalue weighted by molar-refractivity contribution is 6.42. The van der Waals surface area contributed by atoms with Crippen LogP contribution in [0.4, 0.5) is 5.69 Å². The largest absolute Gasteiger partial charge is 0.488 e. The van der Waals surface area contributed by atoms with Crippen LogP contribution in [-0.2, 0) is 0 Å². The molecule has 2 aromatic carbocycles. The van der Waals surface area contributed by atoms with Crippen molar-refractivity contribution in [2.75, 3.05) is 27.2 Å². The zero-order valence-corrected chi connectivity index (χ0v) is 21.1. The smallest absolute Gasteiger partial charge is 0.270 e. The molecular formula is C24H22Cl3N3O5. The van der Waals surface area contributed by atoms with Crippen LogP contribution in [-0.4, -0.2) is 47.8 Å². The molecule has 0 N–H and O–H groups in total. The monoisotopic (exact) mass is 537 g/mol. The molecule has 0 spiro atoms. The molecule has 0 fully saturated rings. The maximum atomic E-state index is 12.9. The number of carbonyl (C=O) groups is 1. The predicted molar refractivity (Wildman–Crippen MR) is 139 cm³/mol. The molecule has 0 unspecified atom stereocenters. The zero-order valence-electron chi connectivity index (χ0n) is 18.8. The van der Waals surface area contributed by atoms with Crippen LogP contribution in [0.2, 0.25) is 10.0 Å². The Hall–Kier alpha value is -3.17. The molecule has 0 bridgehead atoms. The fourth-order valence-corrected chi connectivity index (χ4v) is 3.12. The van der Waals surface area contributed by atoms with Crippen molar-refractivity contribution in [2.45, 2.75) is 0 Å². The number of pyridine rings is 1. The molecule has 184 valence electrons. The number of nitrogens with zero attached hydrogens (tertiary/aromatic N) is 3. The fraction of sp³-hybridized carbons (Fsp3) is 0.167. The van der Waals surface area contributed by atoms with Gasteiger partial charge >= 0.3 is 0 Å². The molecule has 1 heterocycles. The van der Waals surface area contributed by atoms with Crippen LogP contribution in [0.25, 0.3) is 6.08 Å². The number of nitro groups is 1. The first-order valence-corrected chi connectivity index (χ1v) is 10.9. The van der Waals surface area contributed by atoms with Crippen molar-refractivity contribution >= 4 is 53.2 Å². The van der Waals surface area contributed by atoms with Crippen LogP contribution >= 0.6 is 35.6 Å². The second kappa shape index (κ2) is 13.1. The summed E-state index contributed by atoms with van der Waals surface area (Å²) in [6.07, 6.45) is 4.27. The molecule has 0 aliphatic carbocycles. The van der Waals surface area contributed by atoms with Gasteiger partial charge in [0.2, 0.25) is 5.88 Å². The van der Waals surface area contributed by atoms with Crippen molar-refractivity contribution in [1.29, 1.82) is 0 Å². The maximum Gasteiger partial charge on any atom is 0.270 e. The first-order valence-electron chi connectivity index (χ1n) is 10.1. The van der Waals surface area contributed by atoms with Gasteiger partial charge in [0.05, 0.1) is 20.5 Å². The Bertz CT molecular complexity index is 1230. The van der Waals surface area contributed by atoms with Crippen LogP contribution in [0, 0.1) is 10.1 Å². The molecule has 0 atom stereocenters. The Morgan fingerprint density at radius 1 is 1.11 bits per heavy atom. The van der Waals surface area contributed by atoms with Gasteiger partial charge in [0.15, 0.2) is 17.3 Å². The van der Waals surface area contributed by atoms with E-state index in [1.807, 2.05) is 19.0 Å². The van der Waals surface area contributed by atoms with E-state index in [1.165, 1.54) is 36.5 Å². The molecule has 0 amide bonds. The van der Waals surface area contributed by atoms with Crippen molar-refractivity contribution in [2.24, 2.45) is 0 Å². The van der Waals surface area contributed by atoms with E-state index in [-0.39, 0.29) is 40.3 Å². The average Bonchev–Trinajstić information content (AvgIpc) is 2.81. The summed E-state index contributed by atoms with van der Waals surface area (Å²) >= 11 is 12.3. The van der Waals surface area contributed by atoms with E-state index in [2.05, 4.69) is 4.98 Å². The summed E-state index contributed by atoms with van der Waals surface area (Å²) in [5.74, 6) is 0.257. The first kappa shape index (κ1) is 28.1. The molecule has 11 heteroatoms. The number of hydrogen-bond donors (Lipinski definition) is 0. The van der Waals surface area contributed by atoms with E-state index in [1.54, 1.807) is 30.3 Å². The van der Waals surface area contributed by atoms with Crippen LogP contribution in [0.5, 0.6) is 17.4 Å². The number of ether oxygens (including phenoxy) is 2. The lowest BCUT2D eigenvalue weighted by molar-refractivity contribution is -0.384. The van der Waals surface area contributed by atoms with Gasteiger partial charge < -0.3 is 14.4 Å². The van der Waals surface area contributed by atoms with Gasteiger partial charge in [-0.1, -0.05) is 41.4 Å². The third kappa shape index (κ3) is 7.93. The van der Waals surface area contributed by atoms with Gasteiger partial charge in [-0.2, -0.15) is 0 Å². The van der Waals surface area contributed by atoms with Gasteiger partial charge in [-0.05, 0) is 37.9 Å². The molecule has 8 nitrogen and oxygen atoms in total. The Morgan fingerprint density at radius 2 is 1.83 bits per heavy atom. The Kier molecular flexibility index (Phi) is 10.5. The van der Waals surface area contributed by atoms with E-state index in [0.717, 1.165) is 0 Å². The summed E-state index contributed by atoms with van der Waals surface area (Å²) in [4.78, 5) is 29.5. The molecule has 0 radical (unpaired) electrons. The zero-order chi connectivity index (χ0) is 24.7. The number of rotatable bonds is 10. The van der Waals surface area contributed by atoms with Gasteiger partial charge in [-0.3, -0.25) is 14.9 Å². The number of allylic oxidation sites excluding steroid dienone is 1. The average molecular weight is 539 g/mol. The van der Waals surface area contributed by atoms with Crippen molar-refractivity contribution in [3.05, 3.63) is 92.1 Å². The standard InChI is InChI=1S/C24H21Cl2N3O5.ClH/c1-28(2)11-12-33-22-14-19(25)20(26)15-23(22)34-24-18(7-4-10-27-24)21(30)9-8-16-5-3-6-17(13-16)29(31)32;/h3-10,13-15H,11-12H2,1-2H3;1H/b9-8+;. The Morgan fingerprint density at radius 3 is 2.51 bits per heavy atom. The highest BCUT2D eigenvalue weighted by atomic mass is 35.5. The summed E-state index contributed by atoms with van der Waals surface area (Å²) < 4.78 is 11.7. The van der Waals surface area contributed by atoms with Crippen LogP contribution in [0.15, 0.2) is 60.8 Å². The van der Waals surface area contributed by atoms with Crippen molar-refractivity contribution in [1.82, 2.24) is 9.88 Å². The first-order chi connectivity index (χ1) is 16.2. The van der Waals surface area contributed by atoms with Gasteiger partial charge in [0.25, 0.3) is 5.69 Å². The predicted octanol–water partition coefficient (Wildman–Crippen LogP) is 6.35. The summed E-state index contributed by atoms with van der Waals surface area (Å²) in [5, 5.41) is 11.5.